The highest BCUT2D eigenvalue weighted by Crippen LogP contribution is 2.29. The first kappa shape index (κ1) is 14.2. The van der Waals surface area contributed by atoms with Crippen molar-refractivity contribution in [2.75, 3.05) is 32.6 Å². The Labute approximate surface area is 116 Å². The number of nitrogens with one attached hydrogen (secondary N) is 1. The Morgan fingerprint density at radius 2 is 2.00 bits per heavy atom. The van der Waals surface area contributed by atoms with Gasteiger partial charge in [-0.25, -0.2) is 0 Å². The topological polar surface area (TPSA) is 24.5 Å². The highest BCUT2D eigenvalue weighted by Gasteiger charge is 2.22. The molecule has 1 unspecified atom stereocenters. The maximum atomic E-state index is 5.46. The first-order valence-corrected chi connectivity index (χ1v) is 7.20. The maximum Gasteiger partial charge on any atom is 0.142 e. The zero-order chi connectivity index (χ0) is 13.8. The number of benzene rings is 1. The van der Waals surface area contributed by atoms with E-state index in [1.807, 2.05) is 0 Å². The van der Waals surface area contributed by atoms with Gasteiger partial charge in [0.05, 0.1) is 12.8 Å². The van der Waals surface area contributed by atoms with Crippen LogP contribution in [0, 0.1) is 12.8 Å². The predicted octanol–water partition coefficient (Wildman–Crippen LogP) is 3.15. The second kappa shape index (κ2) is 6.29. The summed E-state index contributed by atoms with van der Waals surface area (Å²) in [7, 11) is 3.94. The van der Waals surface area contributed by atoms with Crippen molar-refractivity contribution >= 4 is 5.69 Å². The average Bonchev–Trinajstić information content (AvgIpc) is 2.41. The molecule has 0 amide bonds. The van der Waals surface area contributed by atoms with E-state index in [0.717, 1.165) is 17.4 Å². The molecule has 1 aromatic rings. The van der Waals surface area contributed by atoms with Crippen molar-refractivity contribution in [3.05, 3.63) is 23.8 Å². The van der Waals surface area contributed by atoms with Crippen molar-refractivity contribution in [3.63, 3.8) is 0 Å². The van der Waals surface area contributed by atoms with E-state index >= 15 is 0 Å². The average molecular weight is 262 g/mol. The summed E-state index contributed by atoms with van der Waals surface area (Å²) >= 11 is 0. The molecule has 1 atom stereocenters. The summed E-state index contributed by atoms with van der Waals surface area (Å²) < 4.78 is 5.46. The van der Waals surface area contributed by atoms with Gasteiger partial charge in [-0.3, -0.25) is 0 Å². The van der Waals surface area contributed by atoms with Crippen molar-refractivity contribution in [1.82, 2.24) is 4.90 Å². The summed E-state index contributed by atoms with van der Waals surface area (Å²) in [5.74, 6) is 1.70. The van der Waals surface area contributed by atoms with Crippen molar-refractivity contribution in [2.24, 2.45) is 5.92 Å². The number of piperidine rings is 1. The predicted molar refractivity (Wildman–Crippen MR) is 81.0 cm³/mol. The summed E-state index contributed by atoms with van der Waals surface area (Å²) in [5, 5.41) is 3.63. The van der Waals surface area contributed by atoms with E-state index in [1.165, 1.54) is 31.5 Å². The van der Waals surface area contributed by atoms with Gasteiger partial charge in [0.15, 0.2) is 0 Å². The molecule has 0 aliphatic carbocycles. The molecule has 3 heteroatoms. The van der Waals surface area contributed by atoms with Crippen LogP contribution in [0.25, 0.3) is 0 Å². The molecule has 1 aliphatic rings. The van der Waals surface area contributed by atoms with Crippen molar-refractivity contribution in [2.45, 2.75) is 32.7 Å². The molecule has 0 bridgehead atoms. The van der Waals surface area contributed by atoms with Gasteiger partial charge in [0.1, 0.15) is 5.75 Å². The molecule has 0 spiro atoms. The third-order valence-corrected chi connectivity index (χ3v) is 4.21. The van der Waals surface area contributed by atoms with Crippen LogP contribution < -0.4 is 10.1 Å². The Kier molecular flexibility index (Phi) is 4.70. The number of methoxy groups -OCH3 is 1. The Morgan fingerprint density at radius 3 is 2.63 bits per heavy atom. The van der Waals surface area contributed by atoms with Crippen LogP contribution in [0.3, 0.4) is 0 Å². The largest absolute Gasteiger partial charge is 0.495 e. The van der Waals surface area contributed by atoms with Crippen molar-refractivity contribution < 1.29 is 4.74 Å². The molecule has 0 saturated carbocycles. The van der Waals surface area contributed by atoms with E-state index < -0.39 is 0 Å². The fourth-order valence-electron chi connectivity index (χ4n) is 2.81. The molecule has 19 heavy (non-hydrogen) atoms. The normalized spacial score (nSPS) is 19.2. The van der Waals surface area contributed by atoms with Gasteiger partial charge < -0.3 is 15.0 Å². The molecule has 1 heterocycles. The zero-order valence-corrected chi connectivity index (χ0v) is 12.6. The van der Waals surface area contributed by atoms with Gasteiger partial charge in [0.25, 0.3) is 0 Å². The van der Waals surface area contributed by atoms with Crippen LogP contribution in [0.1, 0.15) is 25.3 Å². The van der Waals surface area contributed by atoms with Gasteiger partial charge in [-0.15, -0.1) is 0 Å². The second-order valence-corrected chi connectivity index (χ2v) is 5.78. The Morgan fingerprint density at radius 1 is 1.32 bits per heavy atom. The highest BCUT2D eigenvalue weighted by atomic mass is 16.5. The Hall–Kier alpha value is -1.22. The standard InChI is InChI=1S/C16H26N2O/c1-12-5-6-15(16(11-12)19-4)17-13(2)14-7-9-18(3)10-8-14/h5-6,11,13-14,17H,7-10H2,1-4H3. The summed E-state index contributed by atoms with van der Waals surface area (Å²) in [5.41, 5.74) is 2.34. The first-order chi connectivity index (χ1) is 9.10. The SMILES string of the molecule is COc1cc(C)ccc1NC(C)C1CCN(C)CC1. The molecule has 0 radical (unpaired) electrons. The Balaban J connectivity index is 2.00. The first-order valence-electron chi connectivity index (χ1n) is 7.20. The van der Waals surface area contributed by atoms with Crippen molar-refractivity contribution in [3.8, 4) is 5.75 Å². The lowest BCUT2D eigenvalue weighted by molar-refractivity contribution is 0.208. The van der Waals surface area contributed by atoms with E-state index in [0.29, 0.717) is 6.04 Å². The minimum Gasteiger partial charge on any atom is -0.495 e. The third-order valence-electron chi connectivity index (χ3n) is 4.21. The van der Waals surface area contributed by atoms with Crippen LogP contribution >= 0.6 is 0 Å². The molecule has 1 N–H and O–H groups in total. The van der Waals surface area contributed by atoms with Crippen molar-refractivity contribution in [1.29, 1.82) is 0 Å². The molecule has 2 rings (SSSR count). The summed E-state index contributed by atoms with van der Waals surface area (Å²) in [6.45, 7) is 6.80. The minimum absolute atomic E-state index is 0.491. The van der Waals surface area contributed by atoms with Crippen LogP contribution in [-0.4, -0.2) is 38.2 Å². The Bertz CT molecular complexity index is 411. The number of rotatable bonds is 4. The molecule has 1 saturated heterocycles. The fourth-order valence-corrected chi connectivity index (χ4v) is 2.81. The number of hydrogen-bond donors (Lipinski definition) is 1. The molecule has 0 aromatic heterocycles. The smallest absolute Gasteiger partial charge is 0.142 e. The number of nitrogens with zero attached hydrogens (tertiary/aromatic N) is 1. The monoisotopic (exact) mass is 262 g/mol. The molecule has 1 aliphatic heterocycles. The molecule has 3 nitrogen and oxygen atoms in total. The summed E-state index contributed by atoms with van der Waals surface area (Å²) in [6.07, 6.45) is 2.55. The van der Waals surface area contributed by atoms with Gasteiger partial charge >= 0.3 is 0 Å². The summed E-state index contributed by atoms with van der Waals surface area (Å²) in [6, 6.07) is 6.83. The quantitative estimate of drug-likeness (QED) is 0.902. The molecular formula is C16H26N2O. The number of anilines is 1. The molecule has 1 aromatic carbocycles. The van der Waals surface area contributed by atoms with Crippen LogP contribution in [0.15, 0.2) is 18.2 Å². The minimum atomic E-state index is 0.491. The maximum absolute atomic E-state index is 5.46. The lowest BCUT2D eigenvalue weighted by Gasteiger charge is -2.33. The van der Waals surface area contributed by atoms with E-state index in [1.54, 1.807) is 7.11 Å². The van der Waals surface area contributed by atoms with Gasteiger partial charge in [0, 0.05) is 6.04 Å². The lowest BCUT2D eigenvalue weighted by Crippen LogP contribution is -2.37. The highest BCUT2D eigenvalue weighted by molar-refractivity contribution is 5.58. The number of ether oxygens (including phenoxy) is 1. The van der Waals surface area contributed by atoms with Crippen LogP contribution in [-0.2, 0) is 0 Å². The van der Waals surface area contributed by atoms with Gasteiger partial charge in [-0.1, -0.05) is 6.07 Å². The second-order valence-electron chi connectivity index (χ2n) is 5.78. The van der Waals surface area contributed by atoms with E-state index in [-0.39, 0.29) is 0 Å². The fraction of sp³-hybridized carbons (Fsp3) is 0.625. The number of aryl methyl sites for hydroxylation is 1. The van der Waals surface area contributed by atoms with E-state index in [9.17, 15) is 0 Å². The lowest BCUT2D eigenvalue weighted by atomic mass is 9.90. The van der Waals surface area contributed by atoms with Crippen LogP contribution in [0.4, 0.5) is 5.69 Å². The third kappa shape index (κ3) is 3.63. The van der Waals surface area contributed by atoms with E-state index in [4.69, 9.17) is 4.74 Å². The van der Waals surface area contributed by atoms with Crippen LogP contribution in [0.2, 0.25) is 0 Å². The zero-order valence-electron chi connectivity index (χ0n) is 12.6. The number of likely N-dealkylation sites (tertiary alicyclic amines) is 1. The number of hydrogen-bond acceptors (Lipinski definition) is 3. The molecule has 1 fully saturated rings. The van der Waals surface area contributed by atoms with E-state index in [2.05, 4.69) is 49.3 Å². The summed E-state index contributed by atoms with van der Waals surface area (Å²) in [4.78, 5) is 2.41. The van der Waals surface area contributed by atoms with Gasteiger partial charge in [-0.2, -0.15) is 0 Å². The molecular weight excluding hydrogens is 236 g/mol. The van der Waals surface area contributed by atoms with Crippen LogP contribution in [0.5, 0.6) is 5.75 Å². The molecule has 106 valence electrons. The van der Waals surface area contributed by atoms with Gasteiger partial charge in [-0.05, 0) is 70.4 Å². The van der Waals surface area contributed by atoms with Gasteiger partial charge in [0.2, 0.25) is 0 Å².